The molecule has 2 rings (SSSR count). The Labute approximate surface area is 142 Å². The van der Waals surface area contributed by atoms with Crippen LogP contribution in [-0.4, -0.2) is 22.9 Å². The van der Waals surface area contributed by atoms with Crippen LogP contribution < -0.4 is 11.3 Å². The molecular formula is C17H25N3O3S. The van der Waals surface area contributed by atoms with Gasteiger partial charge in [-0.1, -0.05) is 38.1 Å². The highest BCUT2D eigenvalue weighted by atomic mass is 32.2. The van der Waals surface area contributed by atoms with Crippen molar-refractivity contribution < 1.29 is 8.42 Å². The second-order valence-corrected chi connectivity index (χ2v) is 7.96. The van der Waals surface area contributed by atoms with Crippen LogP contribution in [0.4, 0.5) is 5.82 Å². The topological polar surface area (TPSA) is 87.1 Å². The smallest absolute Gasteiger partial charge is 0.277 e. The third-order valence-electron chi connectivity index (χ3n) is 4.23. The van der Waals surface area contributed by atoms with Crippen LogP contribution in [0.3, 0.4) is 0 Å². The Kier molecular flexibility index (Phi) is 5.22. The Bertz CT molecular complexity index is 894. The Hall–Kier alpha value is -2.02. The number of nitrogen functional groups attached to an aromatic ring is 1. The first-order valence-electron chi connectivity index (χ1n) is 8.18. The molecule has 7 heteroatoms. The van der Waals surface area contributed by atoms with E-state index in [9.17, 15) is 13.2 Å². The zero-order chi connectivity index (χ0) is 18.1. The van der Waals surface area contributed by atoms with E-state index < -0.39 is 10.0 Å². The van der Waals surface area contributed by atoms with Crippen LogP contribution >= 0.6 is 0 Å². The lowest BCUT2D eigenvalue weighted by atomic mass is 10.0. The summed E-state index contributed by atoms with van der Waals surface area (Å²) in [4.78, 5) is 13.0. The van der Waals surface area contributed by atoms with Gasteiger partial charge < -0.3 is 5.73 Å². The molecule has 0 spiro atoms. The van der Waals surface area contributed by atoms with Gasteiger partial charge in [0.15, 0.2) is 0 Å². The largest absolute Gasteiger partial charge is 0.382 e. The van der Waals surface area contributed by atoms with Crippen molar-refractivity contribution in [3.05, 3.63) is 40.2 Å². The minimum absolute atomic E-state index is 0.0111. The molecule has 0 bridgehead atoms. The van der Waals surface area contributed by atoms with Crippen molar-refractivity contribution in [2.75, 3.05) is 11.5 Å². The zero-order valence-corrected chi connectivity index (χ0v) is 15.4. The predicted molar refractivity (Wildman–Crippen MR) is 97.8 cm³/mol. The van der Waals surface area contributed by atoms with Gasteiger partial charge in [-0.05, 0) is 37.8 Å². The van der Waals surface area contributed by atoms with Crippen molar-refractivity contribution >= 4 is 15.8 Å². The number of rotatable bonds is 6. The van der Waals surface area contributed by atoms with E-state index >= 15 is 0 Å². The van der Waals surface area contributed by atoms with Gasteiger partial charge in [0, 0.05) is 0 Å². The molecule has 2 aromatic rings. The number of aromatic nitrogens is 2. The fourth-order valence-corrected chi connectivity index (χ4v) is 4.39. The van der Waals surface area contributed by atoms with Crippen molar-refractivity contribution in [1.29, 1.82) is 0 Å². The standard InChI is InChI=1S/C17H25N3O3S/c1-5-11-24(22,23)20-16(18)15(14-10-8-7-9-12(14)3)17(21)19(20)13(4)6-2/h7-10,13H,5-6,11,18H2,1-4H3. The van der Waals surface area contributed by atoms with Gasteiger partial charge in [-0.3, -0.25) is 4.79 Å². The highest BCUT2D eigenvalue weighted by Crippen LogP contribution is 2.29. The monoisotopic (exact) mass is 351 g/mol. The minimum Gasteiger partial charge on any atom is -0.382 e. The molecule has 0 amide bonds. The molecule has 0 aliphatic carbocycles. The third kappa shape index (κ3) is 3.00. The van der Waals surface area contributed by atoms with Gasteiger partial charge in [-0.25, -0.2) is 13.1 Å². The summed E-state index contributed by atoms with van der Waals surface area (Å²) in [5.74, 6) is -0.0716. The lowest BCUT2D eigenvalue weighted by molar-refractivity contribution is 0.436. The number of nitrogens with zero attached hydrogens (tertiary/aromatic N) is 2. The van der Waals surface area contributed by atoms with Crippen LogP contribution in [0.15, 0.2) is 29.1 Å². The lowest BCUT2D eigenvalue weighted by Gasteiger charge is -2.17. The van der Waals surface area contributed by atoms with Crippen LogP contribution in [0.25, 0.3) is 11.1 Å². The molecule has 1 aromatic carbocycles. The van der Waals surface area contributed by atoms with Gasteiger partial charge in [0.2, 0.25) is 0 Å². The molecule has 2 N–H and O–H groups in total. The second kappa shape index (κ2) is 6.84. The van der Waals surface area contributed by atoms with Crippen molar-refractivity contribution in [2.45, 2.75) is 46.6 Å². The molecule has 1 aromatic heterocycles. The number of hydrogen-bond acceptors (Lipinski definition) is 4. The van der Waals surface area contributed by atoms with Crippen LogP contribution in [0.5, 0.6) is 0 Å². The first-order valence-corrected chi connectivity index (χ1v) is 9.79. The third-order valence-corrected chi connectivity index (χ3v) is 6.05. The Morgan fingerprint density at radius 3 is 2.38 bits per heavy atom. The summed E-state index contributed by atoms with van der Waals surface area (Å²) in [6.07, 6.45) is 1.08. The maximum atomic E-state index is 13.0. The van der Waals surface area contributed by atoms with E-state index in [1.54, 1.807) is 13.0 Å². The van der Waals surface area contributed by atoms with E-state index in [4.69, 9.17) is 5.73 Å². The van der Waals surface area contributed by atoms with E-state index in [0.717, 1.165) is 9.65 Å². The molecule has 0 saturated carbocycles. The van der Waals surface area contributed by atoms with Gasteiger partial charge in [0.1, 0.15) is 5.82 Å². The molecule has 1 atom stereocenters. The van der Waals surface area contributed by atoms with Gasteiger partial charge in [0.05, 0.1) is 17.4 Å². The fourth-order valence-electron chi connectivity index (χ4n) is 2.81. The van der Waals surface area contributed by atoms with Gasteiger partial charge in [-0.2, -0.15) is 4.09 Å². The quantitative estimate of drug-likeness (QED) is 0.867. The Morgan fingerprint density at radius 2 is 1.83 bits per heavy atom. The summed E-state index contributed by atoms with van der Waals surface area (Å²) in [7, 11) is -3.69. The predicted octanol–water partition coefficient (Wildman–Crippen LogP) is 2.77. The molecule has 24 heavy (non-hydrogen) atoms. The minimum atomic E-state index is -3.69. The van der Waals surface area contributed by atoms with Crippen LogP contribution in [-0.2, 0) is 10.0 Å². The zero-order valence-electron chi connectivity index (χ0n) is 14.6. The number of nitrogens with two attached hydrogens (primary N) is 1. The molecule has 0 aliphatic rings. The molecule has 0 fully saturated rings. The molecular weight excluding hydrogens is 326 g/mol. The molecule has 0 saturated heterocycles. The fraction of sp³-hybridized carbons (Fsp3) is 0.471. The summed E-state index contributed by atoms with van der Waals surface area (Å²) in [5, 5.41) is 0. The Morgan fingerprint density at radius 1 is 1.21 bits per heavy atom. The molecule has 0 radical (unpaired) electrons. The second-order valence-electron chi connectivity index (χ2n) is 6.04. The summed E-state index contributed by atoms with van der Waals surface area (Å²) in [6, 6.07) is 7.07. The number of anilines is 1. The van der Waals surface area contributed by atoms with Crippen LogP contribution in [0.2, 0.25) is 0 Å². The molecule has 0 aliphatic heterocycles. The number of benzene rings is 1. The normalized spacial score (nSPS) is 13.2. The highest BCUT2D eigenvalue weighted by molar-refractivity contribution is 7.89. The van der Waals surface area contributed by atoms with E-state index in [2.05, 4.69) is 0 Å². The Balaban J connectivity index is 2.89. The van der Waals surface area contributed by atoms with Gasteiger partial charge in [0.25, 0.3) is 15.6 Å². The van der Waals surface area contributed by atoms with Crippen molar-refractivity contribution in [3.63, 3.8) is 0 Å². The van der Waals surface area contributed by atoms with Crippen LogP contribution in [0, 0.1) is 6.92 Å². The molecule has 132 valence electrons. The first-order chi connectivity index (χ1) is 11.3. The SMILES string of the molecule is CCCS(=O)(=O)n1c(N)c(-c2ccccc2C)c(=O)n1C(C)CC. The summed E-state index contributed by atoms with van der Waals surface area (Å²) >= 11 is 0. The van der Waals surface area contributed by atoms with Crippen molar-refractivity contribution in [3.8, 4) is 11.1 Å². The number of aryl methyl sites for hydroxylation is 1. The average Bonchev–Trinajstić information content (AvgIpc) is 2.79. The first kappa shape index (κ1) is 18.3. The van der Waals surface area contributed by atoms with Crippen molar-refractivity contribution in [1.82, 2.24) is 8.77 Å². The van der Waals surface area contributed by atoms with Gasteiger partial charge >= 0.3 is 0 Å². The molecule has 6 nitrogen and oxygen atoms in total. The van der Waals surface area contributed by atoms with E-state index in [1.165, 1.54) is 4.68 Å². The lowest BCUT2D eigenvalue weighted by Crippen LogP contribution is -2.32. The maximum Gasteiger partial charge on any atom is 0.277 e. The molecule has 1 heterocycles. The van der Waals surface area contributed by atoms with E-state index in [-0.39, 0.29) is 28.7 Å². The maximum absolute atomic E-state index is 13.0. The summed E-state index contributed by atoms with van der Waals surface area (Å²) in [6.45, 7) is 7.38. The van der Waals surface area contributed by atoms with Crippen LogP contribution in [0.1, 0.15) is 45.2 Å². The summed E-state index contributed by atoms with van der Waals surface area (Å²) < 4.78 is 27.7. The van der Waals surface area contributed by atoms with Crippen molar-refractivity contribution in [2.24, 2.45) is 0 Å². The summed E-state index contributed by atoms with van der Waals surface area (Å²) in [5.41, 5.74) is 7.62. The van der Waals surface area contributed by atoms with E-state index in [1.807, 2.05) is 39.0 Å². The average molecular weight is 351 g/mol. The molecule has 1 unspecified atom stereocenters. The highest BCUT2D eigenvalue weighted by Gasteiger charge is 2.29. The van der Waals surface area contributed by atoms with E-state index in [0.29, 0.717) is 18.4 Å². The van der Waals surface area contributed by atoms with Gasteiger partial charge in [-0.15, -0.1) is 0 Å². The number of hydrogen-bond donors (Lipinski definition) is 1.